The molecule has 0 aliphatic rings. The Kier molecular flexibility index (Phi) is 5.56. The molecule has 0 N–H and O–H groups in total. The number of benzene rings is 1. The Balaban J connectivity index is 2.09. The van der Waals surface area contributed by atoms with Crippen LogP contribution in [0.3, 0.4) is 0 Å². The van der Waals surface area contributed by atoms with Crippen molar-refractivity contribution in [2.24, 2.45) is 10.9 Å². The minimum absolute atomic E-state index is 0.0686. The number of aromatic nitrogens is 1. The summed E-state index contributed by atoms with van der Waals surface area (Å²) in [5.74, 6) is 6.38. The molecular weight excluding hydrogens is 276 g/mol. The van der Waals surface area contributed by atoms with Crippen LogP contribution in [0, 0.1) is 17.8 Å². The molecule has 4 heteroatoms. The van der Waals surface area contributed by atoms with E-state index in [1.807, 2.05) is 44.2 Å². The molecule has 0 spiro atoms. The highest BCUT2D eigenvalue weighted by Gasteiger charge is 2.15. The van der Waals surface area contributed by atoms with Gasteiger partial charge in [-0.2, -0.15) is 4.99 Å². The Morgan fingerprint density at radius 2 is 1.86 bits per heavy atom. The standard InChI is InChI=1S/C18H17N2O2/c1-14(2)16(12-11-15-8-4-3-5-9-15)22-18(21)20-17-10-6-7-13-19-17/h3-10,13-14,16H,1-2H3. The molecule has 2 aromatic rings. The summed E-state index contributed by atoms with van der Waals surface area (Å²) in [4.78, 5) is 7.76. The number of nitrogens with zero attached hydrogens (tertiary/aromatic N) is 2. The predicted molar refractivity (Wildman–Crippen MR) is 85.0 cm³/mol. The van der Waals surface area contributed by atoms with Gasteiger partial charge in [-0.3, -0.25) is 0 Å². The average Bonchev–Trinajstić information content (AvgIpc) is 2.53. The number of hydrogen-bond donors (Lipinski definition) is 0. The van der Waals surface area contributed by atoms with E-state index in [0.717, 1.165) is 5.56 Å². The topological polar surface area (TPSA) is 54.4 Å². The molecule has 1 unspecified atom stereocenters. The molecule has 0 fully saturated rings. The molecule has 111 valence electrons. The lowest BCUT2D eigenvalue weighted by Gasteiger charge is -2.14. The van der Waals surface area contributed by atoms with Crippen LogP contribution in [0.25, 0.3) is 0 Å². The van der Waals surface area contributed by atoms with Gasteiger partial charge >= 0.3 is 6.08 Å². The summed E-state index contributed by atoms with van der Waals surface area (Å²) in [6.45, 7) is 3.89. The van der Waals surface area contributed by atoms with Crippen molar-refractivity contribution >= 4 is 11.9 Å². The van der Waals surface area contributed by atoms with Crippen LogP contribution in [0.2, 0.25) is 0 Å². The zero-order valence-corrected chi connectivity index (χ0v) is 12.6. The van der Waals surface area contributed by atoms with Crippen molar-refractivity contribution in [3.63, 3.8) is 0 Å². The summed E-state index contributed by atoms with van der Waals surface area (Å²) in [6, 6.07) is 14.7. The fourth-order valence-electron chi connectivity index (χ4n) is 1.66. The van der Waals surface area contributed by atoms with Gasteiger partial charge in [0.1, 0.15) is 0 Å². The second-order valence-electron chi connectivity index (χ2n) is 4.98. The maximum absolute atomic E-state index is 11.8. The minimum Gasteiger partial charge on any atom is -0.431 e. The maximum atomic E-state index is 11.8. The summed E-state index contributed by atoms with van der Waals surface area (Å²) < 4.78 is 5.32. The van der Waals surface area contributed by atoms with Crippen molar-refractivity contribution in [1.29, 1.82) is 0 Å². The van der Waals surface area contributed by atoms with E-state index in [1.165, 1.54) is 0 Å². The lowest BCUT2D eigenvalue weighted by Crippen LogP contribution is -2.21. The van der Waals surface area contributed by atoms with Crippen molar-refractivity contribution in [1.82, 2.24) is 4.98 Å². The summed E-state index contributed by atoms with van der Waals surface area (Å²) >= 11 is 0. The Labute approximate surface area is 130 Å². The first-order valence-corrected chi connectivity index (χ1v) is 7.05. The highest BCUT2D eigenvalue weighted by Crippen LogP contribution is 2.10. The first kappa shape index (κ1) is 15.6. The van der Waals surface area contributed by atoms with Crippen molar-refractivity contribution < 1.29 is 9.84 Å². The molecule has 1 radical (unpaired) electrons. The average molecular weight is 293 g/mol. The van der Waals surface area contributed by atoms with E-state index in [4.69, 9.17) is 4.74 Å². The first-order chi connectivity index (χ1) is 10.6. The number of rotatable bonds is 3. The highest BCUT2D eigenvalue weighted by atomic mass is 16.6. The summed E-state index contributed by atoms with van der Waals surface area (Å²) in [5.41, 5.74) is 0.880. The third-order valence-electron chi connectivity index (χ3n) is 2.82. The van der Waals surface area contributed by atoms with Crippen LogP contribution >= 0.6 is 0 Å². The fourth-order valence-corrected chi connectivity index (χ4v) is 1.66. The van der Waals surface area contributed by atoms with Gasteiger partial charge in [-0.05, 0) is 24.3 Å². The summed E-state index contributed by atoms with van der Waals surface area (Å²) in [7, 11) is 0. The second kappa shape index (κ2) is 7.84. The summed E-state index contributed by atoms with van der Waals surface area (Å²) in [5, 5.41) is 11.8. The molecule has 0 bridgehead atoms. The predicted octanol–water partition coefficient (Wildman–Crippen LogP) is 3.59. The van der Waals surface area contributed by atoms with Crippen LogP contribution in [0.4, 0.5) is 5.82 Å². The van der Waals surface area contributed by atoms with E-state index in [2.05, 4.69) is 21.8 Å². The molecule has 22 heavy (non-hydrogen) atoms. The first-order valence-electron chi connectivity index (χ1n) is 7.05. The second-order valence-corrected chi connectivity index (χ2v) is 4.98. The van der Waals surface area contributed by atoms with Gasteiger partial charge in [-0.25, -0.2) is 10.1 Å². The molecule has 1 aromatic heterocycles. The van der Waals surface area contributed by atoms with Crippen molar-refractivity contribution in [3.05, 3.63) is 60.3 Å². The Bertz CT molecular complexity index is 670. The number of ether oxygens (including phenoxy) is 1. The Morgan fingerprint density at radius 1 is 1.14 bits per heavy atom. The molecule has 1 atom stereocenters. The molecule has 4 nitrogen and oxygen atoms in total. The van der Waals surface area contributed by atoms with Gasteiger partial charge in [0.05, 0.1) is 0 Å². The van der Waals surface area contributed by atoms with Crippen LogP contribution < -0.4 is 0 Å². The van der Waals surface area contributed by atoms with Crippen LogP contribution in [0.15, 0.2) is 59.7 Å². The highest BCUT2D eigenvalue weighted by molar-refractivity contribution is 5.68. The van der Waals surface area contributed by atoms with E-state index >= 15 is 0 Å². The van der Waals surface area contributed by atoms with Gasteiger partial charge in [0.15, 0.2) is 11.9 Å². The lowest BCUT2D eigenvalue weighted by molar-refractivity contribution is 0.128. The van der Waals surface area contributed by atoms with Crippen LogP contribution in [0.5, 0.6) is 0 Å². The van der Waals surface area contributed by atoms with Crippen LogP contribution in [-0.2, 0) is 9.84 Å². The van der Waals surface area contributed by atoms with Crippen molar-refractivity contribution in [2.45, 2.75) is 20.0 Å². The van der Waals surface area contributed by atoms with Crippen LogP contribution in [-0.4, -0.2) is 17.2 Å². The van der Waals surface area contributed by atoms with Gasteiger partial charge in [0.2, 0.25) is 0 Å². The minimum atomic E-state index is -0.681. The molecule has 1 heterocycles. The molecule has 0 aliphatic carbocycles. The molecular formula is C18H17N2O2. The van der Waals surface area contributed by atoms with E-state index in [0.29, 0.717) is 5.82 Å². The number of aliphatic imine (C=N–C) groups is 1. The number of hydrogen-bond acceptors (Lipinski definition) is 3. The third-order valence-corrected chi connectivity index (χ3v) is 2.82. The number of pyridine rings is 1. The monoisotopic (exact) mass is 293 g/mol. The van der Waals surface area contributed by atoms with Gasteiger partial charge in [-0.15, -0.1) is 0 Å². The molecule has 1 aromatic carbocycles. The van der Waals surface area contributed by atoms with Gasteiger partial charge < -0.3 is 4.74 Å². The molecule has 0 saturated heterocycles. The summed E-state index contributed by atoms with van der Waals surface area (Å²) in [6.07, 6.45) is 0.376. The Morgan fingerprint density at radius 3 is 2.50 bits per heavy atom. The van der Waals surface area contributed by atoms with Gasteiger partial charge in [0.25, 0.3) is 0 Å². The molecule has 0 amide bonds. The maximum Gasteiger partial charge on any atom is 0.436 e. The van der Waals surface area contributed by atoms with E-state index in [1.54, 1.807) is 24.4 Å². The molecule has 0 aliphatic heterocycles. The van der Waals surface area contributed by atoms with E-state index in [9.17, 15) is 5.11 Å². The van der Waals surface area contributed by atoms with Crippen molar-refractivity contribution in [3.8, 4) is 11.8 Å². The van der Waals surface area contributed by atoms with E-state index in [-0.39, 0.29) is 5.92 Å². The van der Waals surface area contributed by atoms with Crippen LogP contribution in [0.1, 0.15) is 19.4 Å². The van der Waals surface area contributed by atoms with Gasteiger partial charge in [-0.1, -0.05) is 50.0 Å². The lowest BCUT2D eigenvalue weighted by atomic mass is 10.1. The quantitative estimate of drug-likeness (QED) is 0.493. The third kappa shape index (κ3) is 4.95. The van der Waals surface area contributed by atoms with E-state index < -0.39 is 12.2 Å². The molecule has 0 saturated carbocycles. The zero-order chi connectivity index (χ0) is 15.8. The Hall–Kier alpha value is -2.80. The largest absolute Gasteiger partial charge is 0.436 e. The van der Waals surface area contributed by atoms with Gasteiger partial charge in [0, 0.05) is 17.7 Å². The fraction of sp³-hybridized carbons (Fsp3) is 0.222. The smallest absolute Gasteiger partial charge is 0.431 e. The zero-order valence-electron chi connectivity index (χ0n) is 12.6. The SMILES string of the molecule is CC(C)C(C#Cc1ccccc1)OC([O])=Nc1ccccn1. The normalized spacial score (nSPS) is 12.4. The molecule has 2 rings (SSSR count). The van der Waals surface area contributed by atoms with Crippen molar-refractivity contribution in [2.75, 3.05) is 0 Å².